The predicted octanol–water partition coefficient (Wildman–Crippen LogP) is 1.56. The molecule has 0 radical (unpaired) electrons. The van der Waals surface area contributed by atoms with Crippen LogP contribution >= 0.6 is 0 Å². The summed E-state index contributed by atoms with van der Waals surface area (Å²) in [5, 5.41) is 21.6. The third-order valence-corrected chi connectivity index (χ3v) is 3.24. The second-order valence-corrected chi connectivity index (χ2v) is 4.64. The zero-order valence-electron chi connectivity index (χ0n) is 9.90. The second-order valence-electron chi connectivity index (χ2n) is 4.64. The van der Waals surface area contributed by atoms with Crippen LogP contribution in [0.3, 0.4) is 0 Å². The molecule has 2 rings (SSSR count). The summed E-state index contributed by atoms with van der Waals surface area (Å²) in [6.07, 6.45) is 2.41. The number of rotatable bonds is 2. The number of amides is 1. The maximum atomic E-state index is 13.0. The molecule has 0 unspecified atom stereocenters. The lowest BCUT2D eigenvalue weighted by Crippen LogP contribution is -2.38. The zero-order valence-corrected chi connectivity index (χ0v) is 9.90. The number of halogens is 1. The van der Waals surface area contributed by atoms with Crippen LogP contribution in [0.25, 0.3) is 0 Å². The van der Waals surface area contributed by atoms with Gasteiger partial charge < -0.3 is 15.5 Å². The normalized spacial score (nSPS) is 23.7. The molecule has 0 atom stereocenters. The minimum atomic E-state index is -0.558. The van der Waals surface area contributed by atoms with Gasteiger partial charge in [-0.2, -0.15) is 0 Å². The Bertz CT molecular complexity index is 442. The Hall–Kier alpha value is -1.62. The fourth-order valence-corrected chi connectivity index (χ4v) is 2.17. The fourth-order valence-electron chi connectivity index (χ4n) is 2.17. The topological polar surface area (TPSA) is 69.6 Å². The van der Waals surface area contributed by atoms with Crippen molar-refractivity contribution in [2.45, 2.75) is 37.8 Å². The quantitative estimate of drug-likeness (QED) is 0.749. The van der Waals surface area contributed by atoms with E-state index < -0.39 is 11.7 Å². The summed E-state index contributed by atoms with van der Waals surface area (Å²) in [4.78, 5) is 11.9. The number of hydrogen-bond donors (Lipinski definition) is 3. The number of nitrogens with one attached hydrogen (secondary N) is 1. The van der Waals surface area contributed by atoms with E-state index in [-0.39, 0.29) is 23.5 Å². The monoisotopic (exact) mass is 253 g/mol. The molecule has 0 saturated heterocycles. The van der Waals surface area contributed by atoms with Crippen molar-refractivity contribution in [2.24, 2.45) is 0 Å². The van der Waals surface area contributed by atoms with Gasteiger partial charge in [-0.1, -0.05) is 0 Å². The van der Waals surface area contributed by atoms with Gasteiger partial charge in [-0.15, -0.1) is 0 Å². The molecule has 18 heavy (non-hydrogen) atoms. The van der Waals surface area contributed by atoms with Gasteiger partial charge in [0.1, 0.15) is 11.6 Å². The van der Waals surface area contributed by atoms with Crippen molar-refractivity contribution in [3.05, 3.63) is 29.6 Å². The maximum Gasteiger partial charge on any atom is 0.255 e. The average Bonchev–Trinajstić information content (AvgIpc) is 2.35. The average molecular weight is 253 g/mol. The number of phenols is 1. The van der Waals surface area contributed by atoms with E-state index in [1.165, 1.54) is 0 Å². The summed E-state index contributed by atoms with van der Waals surface area (Å²) in [6, 6.07) is 3.25. The lowest BCUT2D eigenvalue weighted by molar-refractivity contribution is 0.0865. The number of carbonyl (C=O) groups is 1. The highest BCUT2D eigenvalue weighted by Gasteiger charge is 2.22. The van der Waals surface area contributed by atoms with E-state index in [0.717, 1.165) is 18.2 Å². The van der Waals surface area contributed by atoms with Crippen molar-refractivity contribution in [1.29, 1.82) is 0 Å². The first kappa shape index (κ1) is 12.8. The first-order chi connectivity index (χ1) is 8.56. The highest BCUT2D eigenvalue weighted by molar-refractivity contribution is 5.96. The summed E-state index contributed by atoms with van der Waals surface area (Å²) in [5.74, 6) is -1.27. The second kappa shape index (κ2) is 5.35. The third kappa shape index (κ3) is 2.98. The van der Waals surface area contributed by atoms with Gasteiger partial charge in [-0.25, -0.2) is 4.39 Å². The van der Waals surface area contributed by atoms with Crippen LogP contribution in [-0.2, 0) is 0 Å². The van der Waals surface area contributed by atoms with Gasteiger partial charge in [0.15, 0.2) is 0 Å². The molecule has 1 fully saturated rings. The van der Waals surface area contributed by atoms with Crippen LogP contribution in [0.4, 0.5) is 4.39 Å². The molecule has 98 valence electrons. The molecule has 1 amide bonds. The first-order valence-corrected chi connectivity index (χ1v) is 6.03. The standard InChI is InChI=1S/C13H16FNO3/c14-8-1-6-12(17)11(7-8)13(18)15-9-2-4-10(16)5-3-9/h1,6-7,9-10,16-17H,2-5H2,(H,15,18). The van der Waals surface area contributed by atoms with Gasteiger partial charge in [-0.3, -0.25) is 4.79 Å². The molecular weight excluding hydrogens is 237 g/mol. The van der Waals surface area contributed by atoms with Crippen molar-refractivity contribution < 1.29 is 19.4 Å². The van der Waals surface area contributed by atoms with Gasteiger partial charge in [0, 0.05) is 6.04 Å². The SMILES string of the molecule is O=C(NC1CCC(O)CC1)c1cc(F)ccc1O. The highest BCUT2D eigenvalue weighted by Crippen LogP contribution is 2.21. The predicted molar refractivity (Wildman–Crippen MR) is 63.8 cm³/mol. The number of hydrogen-bond acceptors (Lipinski definition) is 3. The van der Waals surface area contributed by atoms with Gasteiger partial charge in [-0.05, 0) is 43.9 Å². The van der Waals surface area contributed by atoms with Crippen LogP contribution in [0.1, 0.15) is 36.0 Å². The summed E-state index contributed by atoms with van der Waals surface area (Å²) >= 11 is 0. The van der Waals surface area contributed by atoms with E-state index in [9.17, 15) is 19.4 Å². The van der Waals surface area contributed by atoms with Gasteiger partial charge in [0.05, 0.1) is 11.7 Å². The molecule has 1 saturated carbocycles. The van der Waals surface area contributed by atoms with Crippen molar-refractivity contribution >= 4 is 5.91 Å². The van der Waals surface area contributed by atoms with Crippen molar-refractivity contribution in [3.8, 4) is 5.75 Å². The maximum absolute atomic E-state index is 13.0. The Balaban J connectivity index is 2.01. The number of benzene rings is 1. The number of aliphatic hydroxyl groups excluding tert-OH is 1. The van der Waals surface area contributed by atoms with Crippen LogP contribution in [0, 0.1) is 5.82 Å². The van der Waals surface area contributed by atoms with Crippen molar-refractivity contribution in [3.63, 3.8) is 0 Å². The van der Waals surface area contributed by atoms with Crippen molar-refractivity contribution in [1.82, 2.24) is 5.32 Å². The van der Waals surface area contributed by atoms with Crippen molar-refractivity contribution in [2.75, 3.05) is 0 Å². The molecule has 0 heterocycles. The molecular formula is C13H16FNO3. The zero-order chi connectivity index (χ0) is 13.1. The lowest BCUT2D eigenvalue weighted by Gasteiger charge is -2.26. The largest absolute Gasteiger partial charge is 0.507 e. The van der Waals surface area contributed by atoms with E-state index in [1.807, 2.05) is 0 Å². The molecule has 1 aliphatic rings. The molecule has 4 nitrogen and oxygen atoms in total. The summed E-state index contributed by atoms with van der Waals surface area (Å²) in [7, 11) is 0. The Morgan fingerprint density at radius 1 is 1.28 bits per heavy atom. The molecule has 1 aromatic carbocycles. The molecule has 0 spiro atoms. The molecule has 0 bridgehead atoms. The van der Waals surface area contributed by atoms with Crippen LogP contribution in [-0.4, -0.2) is 28.3 Å². The van der Waals surface area contributed by atoms with E-state index in [2.05, 4.69) is 5.32 Å². The summed E-state index contributed by atoms with van der Waals surface area (Å²) < 4.78 is 13.0. The van der Waals surface area contributed by atoms with Crippen LogP contribution in [0.15, 0.2) is 18.2 Å². The minimum Gasteiger partial charge on any atom is -0.507 e. The van der Waals surface area contributed by atoms with Gasteiger partial charge >= 0.3 is 0 Å². The molecule has 1 aliphatic carbocycles. The number of aliphatic hydroxyl groups is 1. The molecule has 0 aliphatic heterocycles. The van der Waals surface area contributed by atoms with E-state index in [4.69, 9.17) is 0 Å². The summed E-state index contributed by atoms with van der Waals surface area (Å²) in [5.41, 5.74) is -0.0545. The first-order valence-electron chi connectivity index (χ1n) is 6.03. The Labute approximate surface area is 104 Å². The van der Waals surface area contributed by atoms with Gasteiger partial charge in [0.2, 0.25) is 0 Å². The molecule has 1 aromatic rings. The Morgan fingerprint density at radius 3 is 2.61 bits per heavy atom. The molecule has 5 heteroatoms. The Morgan fingerprint density at radius 2 is 1.94 bits per heavy atom. The smallest absolute Gasteiger partial charge is 0.255 e. The fraction of sp³-hybridized carbons (Fsp3) is 0.462. The molecule has 0 aromatic heterocycles. The van der Waals surface area contributed by atoms with Gasteiger partial charge in [0.25, 0.3) is 5.91 Å². The number of phenolic OH excluding ortho intramolecular Hbond substituents is 1. The van der Waals surface area contributed by atoms with E-state index in [1.54, 1.807) is 0 Å². The van der Waals surface area contributed by atoms with E-state index >= 15 is 0 Å². The summed E-state index contributed by atoms with van der Waals surface area (Å²) in [6.45, 7) is 0. The van der Waals surface area contributed by atoms with Crippen LogP contribution < -0.4 is 5.32 Å². The van der Waals surface area contributed by atoms with E-state index in [0.29, 0.717) is 25.7 Å². The number of aromatic hydroxyl groups is 1. The third-order valence-electron chi connectivity index (χ3n) is 3.24. The Kier molecular flexibility index (Phi) is 3.81. The molecule has 3 N–H and O–H groups in total. The van der Waals surface area contributed by atoms with Crippen LogP contribution in [0.5, 0.6) is 5.75 Å². The van der Waals surface area contributed by atoms with Crippen LogP contribution in [0.2, 0.25) is 0 Å². The minimum absolute atomic E-state index is 0.0245. The lowest BCUT2D eigenvalue weighted by atomic mass is 9.93. The highest BCUT2D eigenvalue weighted by atomic mass is 19.1. The number of carbonyl (C=O) groups excluding carboxylic acids is 1.